The topological polar surface area (TPSA) is 117 Å². The predicted molar refractivity (Wildman–Crippen MR) is 117 cm³/mol. The summed E-state index contributed by atoms with van der Waals surface area (Å²) in [4.78, 5) is 26.1. The number of benzene rings is 1. The predicted octanol–water partition coefficient (Wildman–Crippen LogP) is 2.96. The van der Waals surface area contributed by atoms with Gasteiger partial charge in [0.05, 0.1) is 19.0 Å². The highest BCUT2D eigenvalue weighted by Crippen LogP contribution is 2.20. The van der Waals surface area contributed by atoms with Gasteiger partial charge in [-0.1, -0.05) is 5.21 Å². The Hall–Kier alpha value is -3.47. The molecule has 0 amide bonds. The van der Waals surface area contributed by atoms with Crippen LogP contribution >= 0.6 is 0 Å². The van der Waals surface area contributed by atoms with Crippen molar-refractivity contribution in [2.75, 3.05) is 25.5 Å². The van der Waals surface area contributed by atoms with Gasteiger partial charge in [-0.3, -0.25) is 0 Å². The number of carbonyl (C=O) groups excluding carboxylic acids is 1. The third-order valence-corrected chi connectivity index (χ3v) is 4.89. The monoisotopic (exact) mass is 441 g/mol. The zero-order valence-corrected chi connectivity index (χ0v) is 18.6. The summed E-state index contributed by atoms with van der Waals surface area (Å²) in [5.41, 5.74) is 1.45. The molecule has 0 aliphatic carbocycles. The van der Waals surface area contributed by atoms with Gasteiger partial charge >= 0.3 is 6.16 Å². The van der Waals surface area contributed by atoms with E-state index in [1.54, 1.807) is 43.8 Å². The molecule has 3 heterocycles. The van der Waals surface area contributed by atoms with Crippen LogP contribution in [-0.4, -0.2) is 68.0 Å². The highest BCUT2D eigenvalue weighted by atomic mass is 16.8. The lowest BCUT2D eigenvalue weighted by Gasteiger charge is -2.31. The number of methoxy groups -OCH3 is 1. The maximum absolute atomic E-state index is 11.8. The van der Waals surface area contributed by atoms with Crippen molar-refractivity contribution in [1.82, 2.24) is 30.0 Å². The Labute approximate surface area is 185 Å². The highest BCUT2D eigenvalue weighted by Gasteiger charge is 2.25. The fourth-order valence-corrected chi connectivity index (χ4v) is 3.34. The average molecular weight is 441 g/mol. The molecule has 11 nitrogen and oxygen atoms in total. The molecular weight excluding hydrogens is 414 g/mol. The van der Waals surface area contributed by atoms with E-state index < -0.39 is 11.8 Å². The molecule has 4 rings (SSSR count). The molecule has 0 atom stereocenters. The van der Waals surface area contributed by atoms with Crippen LogP contribution in [0.4, 0.5) is 10.7 Å². The molecule has 1 N–H and O–H groups in total. The number of hydrogen-bond acceptors (Lipinski definition) is 10. The van der Waals surface area contributed by atoms with Gasteiger partial charge in [0, 0.05) is 19.1 Å². The van der Waals surface area contributed by atoms with Gasteiger partial charge in [-0.2, -0.15) is 9.67 Å². The number of rotatable bonds is 5. The normalized spacial score (nSPS) is 15.5. The van der Waals surface area contributed by atoms with Crippen LogP contribution in [0.3, 0.4) is 0 Å². The highest BCUT2D eigenvalue weighted by molar-refractivity contribution is 5.72. The second-order valence-electron chi connectivity index (χ2n) is 8.51. The number of nitrogens with one attached hydrogen (secondary N) is 1. The minimum Gasteiger partial charge on any atom is -0.497 e. The second-order valence-corrected chi connectivity index (χ2v) is 8.51. The summed E-state index contributed by atoms with van der Waals surface area (Å²) >= 11 is 0. The van der Waals surface area contributed by atoms with Gasteiger partial charge in [-0.15, -0.1) is 10.2 Å². The molecule has 0 radical (unpaired) electrons. The standard InChI is InChI=1S/C21H27N7O4/c1-21(2,3)31-20(29)32-27-11-9-14(10-12-27)23-19-22-13-17-18(24-19)28(26-25-17)15-5-7-16(30-4)8-6-15/h5-8,13-14H,9-12H2,1-4H3,(H,22,23,24). The van der Waals surface area contributed by atoms with Crippen molar-refractivity contribution in [2.45, 2.75) is 45.3 Å². The zero-order valence-electron chi connectivity index (χ0n) is 18.6. The van der Waals surface area contributed by atoms with Crippen molar-refractivity contribution in [1.29, 1.82) is 0 Å². The number of ether oxygens (including phenoxy) is 2. The van der Waals surface area contributed by atoms with Crippen LogP contribution < -0.4 is 10.1 Å². The van der Waals surface area contributed by atoms with Gasteiger partial charge in [0.1, 0.15) is 11.4 Å². The van der Waals surface area contributed by atoms with Crippen molar-refractivity contribution < 1.29 is 19.1 Å². The Morgan fingerprint density at radius 2 is 1.88 bits per heavy atom. The molecule has 1 aromatic carbocycles. The molecule has 3 aromatic rings. The Bertz CT molecular complexity index is 1070. The molecule has 0 spiro atoms. The average Bonchev–Trinajstić information content (AvgIpc) is 3.17. The van der Waals surface area contributed by atoms with Crippen molar-refractivity contribution in [2.24, 2.45) is 0 Å². The van der Waals surface area contributed by atoms with E-state index >= 15 is 0 Å². The Morgan fingerprint density at radius 1 is 1.16 bits per heavy atom. The molecule has 0 bridgehead atoms. The third kappa shape index (κ3) is 5.22. The van der Waals surface area contributed by atoms with Gasteiger partial charge in [-0.05, 0) is 57.9 Å². The zero-order chi connectivity index (χ0) is 22.7. The SMILES string of the molecule is COc1ccc(-n2nnc3cnc(NC4CCN(OC(=O)OC(C)(C)C)CC4)nc32)cc1. The van der Waals surface area contributed by atoms with Gasteiger partial charge in [0.25, 0.3) is 0 Å². The summed E-state index contributed by atoms with van der Waals surface area (Å²) < 4.78 is 12.1. The van der Waals surface area contributed by atoms with E-state index in [0.29, 0.717) is 30.2 Å². The van der Waals surface area contributed by atoms with Crippen molar-refractivity contribution in [3.05, 3.63) is 30.5 Å². The minimum atomic E-state index is -0.683. The Morgan fingerprint density at radius 3 is 2.53 bits per heavy atom. The first-order valence-electron chi connectivity index (χ1n) is 10.5. The van der Waals surface area contributed by atoms with Crippen LogP contribution in [0.2, 0.25) is 0 Å². The van der Waals surface area contributed by atoms with Crippen molar-refractivity contribution >= 4 is 23.3 Å². The van der Waals surface area contributed by atoms with E-state index in [1.807, 2.05) is 24.3 Å². The first-order chi connectivity index (χ1) is 15.3. The lowest BCUT2D eigenvalue weighted by Crippen LogP contribution is -2.41. The molecule has 1 aliphatic heterocycles. The first kappa shape index (κ1) is 21.8. The number of hydroxylamine groups is 2. The fraction of sp³-hybridized carbons (Fsp3) is 0.476. The van der Waals surface area contributed by atoms with E-state index in [2.05, 4.69) is 25.6 Å². The molecule has 1 aliphatic rings. The number of fused-ring (bicyclic) bond motifs is 1. The number of aromatic nitrogens is 5. The number of hydrogen-bond donors (Lipinski definition) is 1. The largest absolute Gasteiger partial charge is 0.528 e. The molecule has 32 heavy (non-hydrogen) atoms. The van der Waals surface area contributed by atoms with Crippen molar-refractivity contribution in [3.63, 3.8) is 0 Å². The van der Waals surface area contributed by atoms with E-state index in [1.165, 1.54) is 0 Å². The van der Waals surface area contributed by atoms with E-state index in [-0.39, 0.29) is 6.04 Å². The molecule has 170 valence electrons. The smallest absolute Gasteiger partial charge is 0.497 e. The fourth-order valence-electron chi connectivity index (χ4n) is 3.34. The summed E-state index contributed by atoms with van der Waals surface area (Å²) in [5, 5.41) is 13.3. The van der Waals surface area contributed by atoms with Crippen molar-refractivity contribution in [3.8, 4) is 11.4 Å². The minimum absolute atomic E-state index is 0.149. The summed E-state index contributed by atoms with van der Waals surface area (Å²) in [7, 11) is 1.62. The number of nitrogens with zero attached hydrogens (tertiary/aromatic N) is 6. The maximum Gasteiger partial charge on any atom is 0.528 e. The summed E-state index contributed by atoms with van der Waals surface area (Å²) in [6.07, 6.45) is 2.50. The summed E-state index contributed by atoms with van der Waals surface area (Å²) in [6, 6.07) is 7.65. The number of carbonyl (C=O) groups is 1. The maximum atomic E-state index is 11.8. The molecular formula is C21H27N7O4. The molecule has 1 saturated heterocycles. The van der Waals surface area contributed by atoms with Crippen LogP contribution in [0.25, 0.3) is 16.9 Å². The van der Waals surface area contributed by atoms with Crippen LogP contribution in [0.1, 0.15) is 33.6 Å². The van der Waals surface area contributed by atoms with Crippen LogP contribution in [0.15, 0.2) is 30.5 Å². The summed E-state index contributed by atoms with van der Waals surface area (Å²) in [5.74, 6) is 1.26. The quantitative estimate of drug-likeness (QED) is 0.592. The lowest BCUT2D eigenvalue weighted by molar-refractivity contribution is -0.151. The van der Waals surface area contributed by atoms with Crippen LogP contribution in [0.5, 0.6) is 5.75 Å². The Balaban J connectivity index is 1.38. The summed E-state index contributed by atoms with van der Waals surface area (Å²) in [6.45, 7) is 6.58. The molecule has 11 heteroatoms. The molecule has 1 fully saturated rings. The first-order valence-corrected chi connectivity index (χ1v) is 10.5. The molecule has 2 aromatic heterocycles. The third-order valence-electron chi connectivity index (χ3n) is 4.89. The van der Waals surface area contributed by atoms with E-state index in [4.69, 9.17) is 14.3 Å². The van der Waals surface area contributed by atoms with Gasteiger partial charge in [-0.25, -0.2) is 9.78 Å². The lowest BCUT2D eigenvalue weighted by atomic mass is 10.1. The Kier molecular flexibility index (Phi) is 6.08. The van der Waals surface area contributed by atoms with Gasteiger partial charge < -0.3 is 19.6 Å². The second kappa shape index (κ2) is 8.95. The van der Waals surface area contributed by atoms with Crippen LogP contribution in [0, 0.1) is 0 Å². The number of anilines is 1. The van der Waals surface area contributed by atoms with Gasteiger partial charge in [0.15, 0.2) is 11.2 Å². The molecule has 0 saturated carbocycles. The van der Waals surface area contributed by atoms with Crippen LogP contribution in [-0.2, 0) is 9.57 Å². The van der Waals surface area contributed by atoms with Gasteiger partial charge in [0.2, 0.25) is 5.95 Å². The number of piperidine rings is 1. The molecule has 0 unspecified atom stereocenters. The van der Waals surface area contributed by atoms with E-state index in [9.17, 15) is 4.79 Å². The van der Waals surface area contributed by atoms with E-state index in [0.717, 1.165) is 24.3 Å².